The van der Waals surface area contributed by atoms with E-state index in [1.165, 1.54) is 13.1 Å². The van der Waals surface area contributed by atoms with Crippen LogP contribution in [-0.4, -0.2) is 41.7 Å². The van der Waals surface area contributed by atoms with E-state index in [9.17, 15) is 4.79 Å². The number of carbonyl (C=O) groups is 1. The SMILES string of the molecule is COc1ccc(CCNc2nncc(Nc3cccc(C(C)=O)c3)n2)cc1OC. The zero-order valence-corrected chi connectivity index (χ0v) is 16.6. The van der Waals surface area contributed by atoms with Crippen molar-refractivity contribution in [3.8, 4) is 11.5 Å². The molecular formula is C21H23N5O3. The molecule has 0 spiro atoms. The Hall–Kier alpha value is -3.68. The Kier molecular flexibility index (Phi) is 6.57. The first-order valence-corrected chi connectivity index (χ1v) is 9.11. The lowest BCUT2D eigenvalue weighted by atomic mass is 10.1. The maximum Gasteiger partial charge on any atom is 0.244 e. The summed E-state index contributed by atoms with van der Waals surface area (Å²) in [6, 6.07) is 13.0. The van der Waals surface area contributed by atoms with Gasteiger partial charge < -0.3 is 20.1 Å². The maximum atomic E-state index is 11.5. The number of benzene rings is 2. The number of nitrogens with zero attached hydrogens (tertiary/aromatic N) is 3. The molecule has 1 aromatic heterocycles. The molecule has 0 unspecified atom stereocenters. The third kappa shape index (κ3) is 5.41. The van der Waals surface area contributed by atoms with Crippen molar-refractivity contribution < 1.29 is 14.3 Å². The van der Waals surface area contributed by atoms with Gasteiger partial charge in [-0.15, -0.1) is 5.10 Å². The van der Waals surface area contributed by atoms with Crippen molar-refractivity contribution in [1.82, 2.24) is 15.2 Å². The zero-order chi connectivity index (χ0) is 20.6. The van der Waals surface area contributed by atoms with Gasteiger partial charge in [0.05, 0.1) is 20.4 Å². The fourth-order valence-corrected chi connectivity index (χ4v) is 2.76. The summed E-state index contributed by atoms with van der Waals surface area (Å²) >= 11 is 0. The fraction of sp³-hybridized carbons (Fsp3) is 0.238. The summed E-state index contributed by atoms with van der Waals surface area (Å²) in [5, 5.41) is 14.3. The Morgan fingerprint density at radius 1 is 1.07 bits per heavy atom. The molecule has 150 valence electrons. The monoisotopic (exact) mass is 393 g/mol. The van der Waals surface area contributed by atoms with Crippen molar-refractivity contribution >= 4 is 23.2 Å². The van der Waals surface area contributed by atoms with Crippen LogP contribution in [-0.2, 0) is 6.42 Å². The summed E-state index contributed by atoms with van der Waals surface area (Å²) < 4.78 is 10.6. The Balaban J connectivity index is 1.60. The molecule has 0 atom stereocenters. The molecule has 8 heteroatoms. The highest BCUT2D eigenvalue weighted by Crippen LogP contribution is 2.27. The number of Topliss-reactive ketones (excluding diaryl/α,β-unsaturated/α-hetero) is 1. The summed E-state index contributed by atoms with van der Waals surface area (Å²) in [6.45, 7) is 2.16. The fourth-order valence-electron chi connectivity index (χ4n) is 2.76. The lowest BCUT2D eigenvalue weighted by Crippen LogP contribution is -2.10. The molecule has 0 saturated carbocycles. The number of rotatable bonds is 9. The molecule has 0 aliphatic heterocycles. The van der Waals surface area contributed by atoms with E-state index in [1.54, 1.807) is 26.4 Å². The highest BCUT2D eigenvalue weighted by Gasteiger charge is 2.06. The Labute approximate surface area is 169 Å². The zero-order valence-electron chi connectivity index (χ0n) is 16.6. The third-order valence-corrected chi connectivity index (χ3v) is 4.25. The standard InChI is InChI=1S/C21H23N5O3/c1-14(27)16-5-4-6-17(12-16)24-20-13-23-26-21(25-20)22-10-9-15-7-8-18(28-2)19(11-15)29-3/h4-8,11-13H,9-10H2,1-3H3,(H2,22,24,25,26). The second-order valence-electron chi connectivity index (χ2n) is 6.29. The predicted molar refractivity (Wildman–Crippen MR) is 111 cm³/mol. The molecule has 1 heterocycles. The van der Waals surface area contributed by atoms with Gasteiger partial charge in [0, 0.05) is 17.8 Å². The molecule has 3 aromatic rings. The molecule has 2 aromatic carbocycles. The van der Waals surface area contributed by atoms with E-state index in [1.807, 2.05) is 30.3 Å². The van der Waals surface area contributed by atoms with Crippen LogP contribution in [0.1, 0.15) is 22.8 Å². The highest BCUT2D eigenvalue weighted by molar-refractivity contribution is 5.95. The van der Waals surface area contributed by atoms with Gasteiger partial charge in [-0.2, -0.15) is 10.1 Å². The van der Waals surface area contributed by atoms with E-state index in [2.05, 4.69) is 25.8 Å². The van der Waals surface area contributed by atoms with E-state index in [4.69, 9.17) is 9.47 Å². The minimum Gasteiger partial charge on any atom is -0.493 e. The van der Waals surface area contributed by atoms with Crippen LogP contribution in [0.15, 0.2) is 48.7 Å². The molecule has 0 radical (unpaired) electrons. The average molecular weight is 393 g/mol. The smallest absolute Gasteiger partial charge is 0.244 e. The number of ketones is 1. The molecule has 3 rings (SSSR count). The first-order valence-electron chi connectivity index (χ1n) is 9.11. The van der Waals surface area contributed by atoms with Crippen molar-refractivity contribution in [3.63, 3.8) is 0 Å². The van der Waals surface area contributed by atoms with Crippen LogP contribution < -0.4 is 20.1 Å². The Morgan fingerprint density at radius 2 is 1.90 bits per heavy atom. The van der Waals surface area contributed by atoms with Crippen LogP contribution in [0.3, 0.4) is 0 Å². The molecule has 0 aliphatic carbocycles. The number of hydrogen-bond donors (Lipinski definition) is 2. The molecule has 8 nitrogen and oxygen atoms in total. The molecule has 0 bridgehead atoms. The molecule has 0 amide bonds. The second kappa shape index (κ2) is 9.50. The van der Waals surface area contributed by atoms with Crippen LogP contribution in [0.5, 0.6) is 11.5 Å². The summed E-state index contributed by atoms with van der Waals surface area (Å²) in [6.07, 6.45) is 2.28. The first-order chi connectivity index (χ1) is 14.1. The second-order valence-corrected chi connectivity index (χ2v) is 6.29. The number of methoxy groups -OCH3 is 2. The van der Waals surface area contributed by atoms with Gasteiger partial charge in [0.25, 0.3) is 0 Å². The van der Waals surface area contributed by atoms with Crippen molar-refractivity contribution in [2.75, 3.05) is 31.4 Å². The average Bonchev–Trinajstić information content (AvgIpc) is 2.74. The van der Waals surface area contributed by atoms with Gasteiger partial charge in [-0.1, -0.05) is 18.2 Å². The minimum absolute atomic E-state index is 0.00646. The molecule has 0 saturated heterocycles. The van der Waals surface area contributed by atoms with Crippen LogP contribution in [0.4, 0.5) is 17.5 Å². The number of anilines is 3. The highest BCUT2D eigenvalue weighted by atomic mass is 16.5. The molecule has 2 N–H and O–H groups in total. The van der Waals surface area contributed by atoms with Gasteiger partial charge >= 0.3 is 0 Å². The quantitative estimate of drug-likeness (QED) is 0.533. The molecule has 29 heavy (non-hydrogen) atoms. The first kappa shape index (κ1) is 20.1. The summed E-state index contributed by atoms with van der Waals surface area (Å²) in [5.74, 6) is 2.35. The largest absolute Gasteiger partial charge is 0.493 e. The van der Waals surface area contributed by atoms with Gasteiger partial charge in [0.1, 0.15) is 0 Å². The number of hydrogen-bond acceptors (Lipinski definition) is 8. The number of nitrogens with one attached hydrogen (secondary N) is 2. The number of aromatic nitrogens is 3. The van der Waals surface area contributed by atoms with E-state index in [0.717, 1.165) is 17.7 Å². The lowest BCUT2D eigenvalue weighted by Gasteiger charge is -2.10. The summed E-state index contributed by atoms with van der Waals surface area (Å²) in [4.78, 5) is 15.9. The van der Waals surface area contributed by atoms with E-state index >= 15 is 0 Å². The van der Waals surface area contributed by atoms with Crippen molar-refractivity contribution in [3.05, 3.63) is 59.8 Å². The number of ether oxygens (including phenoxy) is 2. The van der Waals surface area contributed by atoms with E-state index in [0.29, 0.717) is 35.4 Å². The van der Waals surface area contributed by atoms with Gasteiger partial charge in [0.2, 0.25) is 5.95 Å². The van der Waals surface area contributed by atoms with Crippen LogP contribution >= 0.6 is 0 Å². The van der Waals surface area contributed by atoms with Crippen LogP contribution in [0, 0.1) is 0 Å². The third-order valence-electron chi connectivity index (χ3n) is 4.25. The van der Waals surface area contributed by atoms with Crippen molar-refractivity contribution in [2.24, 2.45) is 0 Å². The van der Waals surface area contributed by atoms with Crippen LogP contribution in [0.2, 0.25) is 0 Å². The Bertz CT molecular complexity index is 994. The van der Waals surface area contributed by atoms with Gasteiger partial charge in [-0.3, -0.25) is 4.79 Å². The summed E-state index contributed by atoms with van der Waals surface area (Å²) in [5.41, 5.74) is 2.48. The van der Waals surface area contributed by atoms with E-state index < -0.39 is 0 Å². The van der Waals surface area contributed by atoms with Crippen LogP contribution in [0.25, 0.3) is 0 Å². The summed E-state index contributed by atoms with van der Waals surface area (Å²) in [7, 11) is 3.23. The van der Waals surface area contributed by atoms with E-state index in [-0.39, 0.29) is 5.78 Å². The molecule has 0 fully saturated rings. The Morgan fingerprint density at radius 3 is 2.66 bits per heavy atom. The lowest BCUT2D eigenvalue weighted by molar-refractivity contribution is 0.101. The van der Waals surface area contributed by atoms with Gasteiger partial charge in [-0.05, 0) is 43.2 Å². The van der Waals surface area contributed by atoms with Gasteiger partial charge in [0.15, 0.2) is 23.1 Å². The van der Waals surface area contributed by atoms with Crippen molar-refractivity contribution in [1.29, 1.82) is 0 Å². The minimum atomic E-state index is 0.00646. The topological polar surface area (TPSA) is 98.3 Å². The van der Waals surface area contributed by atoms with Crippen molar-refractivity contribution in [2.45, 2.75) is 13.3 Å². The van der Waals surface area contributed by atoms with Gasteiger partial charge in [-0.25, -0.2) is 0 Å². The predicted octanol–water partition coefficient (Wildman–Crippen LogP) is 3.49. The number of carbonyl (C=O) groups excluding carboxylic acids is 1. The maximum absolute atomic E-state index is 11.5. The molecule has 0 aliphatic rings. The normalized spacial score (nSPS) is 10.3. The molecular weight excluding hydrogens is 370 g/mol.